The zero-order chi connectivity index (χ0) is 11.4. The third kappa shape index (κ3) is 3.69. The molecule has 16 heavy (non-hydrogen) atoms. The molecule has 0 bridgehead atoms. The second kappa shape index (κ2) is 5.95. The first-order valence-corrected chi connectivity index (χ1v) is 7.32. The predicted octanol–water partition coefficient (Wildman–Crippen LogP) is 3.26. The lowest BCUT2D eigenvalue weighted by Gasteiger charge is -2.03. The van der Waals surface area contributed by atoms with Crippen molar-refractivity contribution in [3.63, 3.8) is 0 Å². The average Bonchev–Trinajstić information content (AvgIpc) is 2.83. The van der Waals surface area contributed by atoms with Crippen molar-refractivity contribution in [1.82, 2.24) is 15.1 Å². The molecule has 0 aliphatic carbocycles. The molecule has 2 heterocycles. The molecule has 6 heteroatoms. The van der Waals surface area contributed by atoms with Crippen LogP contribution in [0.2, 0.25) is 0 Å². The van der Waals surface area contributed by atoms with Crippen molar-refractivity contribution in [2.24, 2.45) is 0 Å². The molecule has 0 spiro atoms. The van der Waals surface area contributed by atoms with E-state index in [1.807, 2.05) is 10.9 Å². The van der Waals surface area contributed by atoms with Gasteiger partial charge < -0.3 is 5.32 Å². The molecule has 0 fully saturated rings. The van der Waals surface area contributed by atoms with Gasteiger partial charge in [-0.3, -0.25) is 4.68 Å². The number of nitrogens with zero attached hydrogens (tertiary/aromatic N) is 2. The van der Waals surface area contributed by atoms with E-state index >= 15 is 0 Å². The molecule has 3 nitrogen and oxygen atoms in total. The Morgan fingerprint density at radius 1 is 1.38 bits per heavy atom. The highest BCUT2D eigenvalue weighted by atomic mass is 79.9. The van der Waals surface area contributed by atoms with E-state index in [4.69, 9.17) is 0 Å². The third-order valence-corrected chi connectivity index (χ3v) is 4.15. The van der Waals surface area contributed by atoms with Gasteiger partial charge in [0, 0.05) is 34.0 Å². The van der Waals surface area contributed by atoms with Crippen molar-refractivity contribution < 1.29 is 0 Å². The summed E-state index contributed by atoms with van der Waals surface area (Å²) in [4.78, 5) is 1.34. The number of halogens is 2. The Bertz CT molecular complexity index is 410. The van der Waals surface area contributed by atoms with Crippen molar-refractivity contribution in [2.45, 2.75) is 13.1 Å². The Balaban J connectivity index is 1.69. The Kier molecular flexibility index (Phi) is 4.57. The molecule has 2 rings (SSSR count). The summed E-state index contributed by atoms with van der Waals surface area (Å²) < 4.78 is 4.10. The molecule has 2 aromatic heterocycles. The van der Waals surface area contributed by atoms with Gasteiger partial charge in [-0.25, -0.2) is 0 Å². The second-order valence-electron chi connectivity index (χ2n) is 3.33. The highest BCUT2D eigenvalue weighted by Gasteiger charge is 1.98. The molecule has 0 aromatic carbocycles. The van der Waals surface area contributed by atoms with Gasteiger partial charge in [0.25, 0.3) is 0 Å². The first-order chi connectivity index (χ1) is 7.74. The number of hydrogen-bond acceptors (Lipinski definition) is 3. The van der Waals surface area contributed by atoms with Gasteiger partial charge in [0.1, 0.15) is 0 Å². The summed E-state index contributed by atoms with van der Waals surface area (Å²) in [6.07, 6.45) is 3.78. The summed E-state index contributed by atoms with van der Waals surface area (Å²) in [5.41, 5.74) is 0. The second-order valence-corrected chi connectivity index (χ2v) is 6.16. The molecule has 1 N–H and O–H groups in total. The van der Waals surface area contributed by atoms with E-state index in [0.29, 0.717) is 0 Å². The van der Waals surface area contributed by atoms with E-state index in [-0.39, 0.29) is 0 Å². The topological polar surface area (TPSA) is 29.9 Å². The Morgan fingerprint density at radius 3 is 2.88 bits per heavy atom. The van der Waals surface area contributed by atoms with Gasteiger partial charge in [0.05, 0.1) is 17.2 Å². The maximum absolute atomic E-state index is 4.19. The average molecular weight is 365 g/mol. The van der Waals surface area contributed by atoms with Gasteiger partial charge in [-0.1, -0.05) is 0 Å². The van der Waals surface area contributed by atoms with Crippen LogP contribution < -0.4 is 5.32 Å². The summed E-state index contributed by atoms with van der Waals surface area (Å²) in [5, 5.41) is 9.67. The molecule has 0 aliphatic rings. The fraction of sp³-hybridized carbons (Fsp3) is 0.300. The van der Waals surface area contributed by atoms with E-state index in [0.717, 1.165) is 28.6 Å². The number of rotatable bonds is 5. The largest absolute Gasteiger partial charge is 0.310 e. The van der Waals surface area contributed by atoms with Crippen LogP contribution in [0.3, 0.4) is 0 Å². The van der Waals surface area contributed by atoms with Crippen molar-refractivity contribution in [2.75, 3.05) is 6.54 Å². The summed E-state index contributed by atoms with van der Waals surface area (Å²) in [6, 6.07) is 2.14. The maximum Gasteiger partial charge on any atom is 0.0632 e. The van der Waals surface area contributed by atoms with Crippen LogP contribution in [0, 0.1) is 0 Å². The van der Waals surface area contributed by atoms with Gasteiger partial charge in [0.15, 0.2) is 0 Å². The minimum atomic E-state index is 0.887. The molecule has 0 aliphatic heterocycles. The molecule has 0 amide bonds. The molecular weight excluding hydrogens is 354 g/mol. The molecule has 0 unspecified atom stereocenters. The van der Waals surface area contributed by atoms with Gasteiger partial charge >= 0.3 is 0 Å². The first kappa shape index (κ1) is 12.3. The Morgan fingerprint density at radius 2 is 2.25 bits per heavy atom. The minimum absolute atomic E-state index is 0.887. The van der Waals surface area contributed by atoms with Crippen LogP contribution in [-0.4, -0.2) is 16.3 Å². The molecule has 0 radical (unpaired) electrons. The first-order valence-electron chi connectivity index (χ1n) is 4.85. The molecule has 0 atom stereocenters. The van der Waals surface area contributed by atoms with Crippen LogP contribution in [0.15, 0.2) is 32.8 Å². The summed E-state index contributed by atoms with van der Waals surface area (Å²) in [5.74, 6) is 0. The third-order valence-electron chi connectivity index (χ3n) is 2.04. The van der Waals surface area contributed by atoms with Crippen molar-refractivity contribution in [3.05, 3.63) is 37.7 Å². The van der Waals surface area contributed by atoms with Gasteiger partial charge in [0.2, 0.25) is 0 Å². The zero-order valence-electron chi connectivity index (χ0n) is 8.49. The standard InChI is InChI=1S/C10H11Br2N3S/c11-8-3-10(16-7-8)5-13-1-2-15-6-9(12)4-14-15/h3-4,6-7,13H,1-2,5H2. The van der Waals surface area contributed by atoms with Crippen molar-refractivity contribution >= 4 is 43.2 Å². The number of nitrogens with one attached hydrogen (secondary N) is 1. The smallest absolute Gasteiger partial charge is 0.0632 e. The monoisotopic (exact) mass is 363 g/mol. The predicted molar refractivity (Wildman–Crippen MR) is 73.7 cm³/mol. The quantitative estimate of drug-likeness (QED) is 0.825. The molecule has 0 saturated carbocycles. The van der Waals surface area contributed by atoms with Gasteiger partial charge in [-0.05, 0) is 37.9 Å². The summed E-state index contributed by atoms with van der Waals surface area (Å²) >= 11 is 8.58. The molecule has 2 aromatic rings. The van der Waals surface area contributed by atoms with E-state index in [9.17, 15) is 0 Å². The fourth-order valence-corrected chi connectivity index (χ4v) is 3.06. The molecule has 86 valence electrons. The normalized spacial score (nSPS) is 10.9. The number of aromatic nitrogens is 2. The zero-order valence-corrected chi connectivity index (χ0v) is 12.5. The number of hydrogen-bond donors (Lipinski definition) is 1. The van der Waals surface area contributed by atoms with Crippen LogP contribution in [0.5, 0.6) is 0 Å². The summed E-state index contributed by atoms with van der Waals surface area (Å²) in [7, 11) is 0. The van der Waals surface area contributed by atoms with Crippen LogP contribution >= 0.6 is 43.2 Å². The maximum atomic E-state index is 4.19. The van der Waals surface area contributed by atoms with Crippen LogP contribution in [0.25, 0.3) is 0 Å². The van der Waals surface area contributed by atoms with Gasteiger partial charge in [-0.2, -0.15) is 5.10 Å². The molecular formula is C10H11Br2N3S. The lowest BCUT2D eigenvalue weighted by Crippen LogP contribution is -2.19. The van der Waals surface area contributed by atoms with E-state index in [1.165, 1.54) is 4.88 Å². The van der Waals surface area contributed by atoms with Crippen LogP contribution in [0.1, 0.15) is 4.88 Å². The van der Waals surface area contributed by atoms with Gasteiger partial charge in [-0.15, -0.1) is 11.3 Å². The summed E-state index contributed by atoms with van der Waals surface area (Å²) in [6.45, 7) is 2.72. The number of thiophene rings is 1. The Hall–Kier alpha value is -0.170. The fourth-order valence-electron chi connectivity index (χ4n) is 1.31. The SMILES string of the molecule is Brc1csc(CNCCn2cc(Br)cn2)c1. The highest BCUT2D eigenvalue weighted by molar-refractivity contribution is 9.10. The lowest BCUT2D eigenvalue weighted by molar-refractivity contribution is 0.556. The minimum Gasteiger partial charge on any atom is -0.310 e. The van der Waals surface area contributed by atoms with Crippen molar-refractivity contribution in [3.8, 4) is 0 Å². The van der Waals surface area contributed by atoms with Crippen molar-refractivity contribution in [1.29, 1.82) is 0 Å². The highest BCUT2D eigenvalue weighted by Crippen LogP contribution is 2.19. The van der Waals surface area contributed by atoms with Crippen LogP contribution in [0.4, 0.5) is 0 Å². The van der Waals surface area contributed by atoms with Crippen LogP contribution in [-0.2, 0) is 13.1 Å². The lowest BCUT2D eigenvalue weighted by atomic mass is 10.4. The molecule has 0 saturated heterocycles. The Labute approximate surface area is 115 Å². The van der Waals surface area contributed by atoms with E-state index in [1.54, 1.807) is 17.5 Å². The van der Waals surface area contributed by atoms with E-state index in [2.05, 4.69) is 53.7 Å². The van der Waals surface area contributed by atoms with E-state index < -0.39 is 0 Å².